The van der Waals surface area contributed by atoms with Gasteiger partial charge < -0.3 is 0 Å². The predicted octanol–water partition coefficient (Wildman–Crippen LogP) is 14.1. The molecule has 7 aromatic carbocycles. The Hall–Kier alpha value is -2.74. The summed E-state index contributed by atoms with van der Waals surface area (Å²) in [7, 11) is 11.0. The van der Waals surface area contributed by atoms with Crippen molar-refractivity contribution in [3.8, 4) is 22.3 Å². The maximum absolute atomic E-state index is 4.93. The zero-order valence-electron chi connectivity index (χ0n) is 28.8. The van der Waals surface area contributed by atoms with Gasteiger partial charge in [0.05, 0.1) is 0 Å². The molecule has 4 heteroatoms. The topological polar surface area (TPSA) is 0 Å². The van der Waals surface area contributed by atoms with E-state index in [1.165, 1.54) is 82.4 Å². The standard InChI is InChI=1S/C22H19.C19H19.C2H6Si.2ClH.Zr/c1-15(2)18-13-17-9-6-12-21(22(17)14-18)20-11-5-8-16-7-3-4-10-19(16)20;1-12-10-18-14(3)8-9-17(19(18)11-12)16-7-5-6-13(2)15(16)4;1-3-2;;;/h3-15H,1-2H3;5-11H,1-4H3;1-2H3;2*1H;/q2*-1;;;;+4/p-2. The van der Waals surface area contributed by atoms with Crippen molar-refractivity contribution >= 4 is 58.9 Å². The van der Waals surface area contributed by atoms with Crippen molar-refractivity contribution in [2.75, 3.05) is 0 Å². The summed E-state index contributed by atoms with van der Waals surface area (Å²) in [6, 6.07) is 42.2. The van der Waals surface area contributed by atoms with Gasteiger partial charge in [-0.15, -0.1) is 68.6 Å². The third-order valence-electron chi connectivity index (χ3n) is 8.66. The number of hydrogen-bond donors (Lipinski definition) is 0. The second-order valence-corrected chi connectivity index (χ2v) is 17.1. The van der Waals surface area contributed by atoms with Crippen LogP contribution in [0.4, 0.5) is 0 Å². The number of halogens is 2. The van der Waals surface area contributed by atoms with E-state index in [0.29, 0.717) is 5.92 Å². The van der Waals surface area contributed by atoms with Crippen LogP contribution in [-0.2, 0) is 20.8 Å². The molecule has 0 saturated carbocycles. The Morgan fingerprint density at radius 3 is 1.87 bits per heavy atom. The first-order chi connectivity index (χ1) is 22.6. The molecule has 238 valence electrons. The van der Waals surface area contributed by atoms with E-state index in [4.69, 9.17) is 17.0 Å². The first kappa shape index (κ1) is 37.1. The quantitative estimate of drug-likeness (QED) is 0.125. The Balaban J connectivity index is 0.000000184. The van der Waals surface area contributed by atoms with Crippen LogP contribution in [0.15, 0.2) is 115 Å². The second-order valence-electron chi connectivity index (χ2n) is 12.4. The van der Waals surface area contributed by atoms with Crippen LogP contribution in [0.3, 0.4) is 0 Å². The average Bonchev–Trinajstić information content (AvgIpc) is 3.68. The number of aryl methyl sites for hydroxylation is 3. The Morgan fingerprint density at radius 2 is 1.17 bits per heavy atom. The summed E-state index contributed by atoms with van der Waals surface area (Å²) in [5, 5.41) is 8.09. The van der Waals surface area contributed by atoms with E-state index in [1.807, 2.05) is 0 Å². The summed E-state index contributed by atoms with van der Waals surface area (Å²) in [5.74, 6) is 0.563. The third-order valence-corrected chi connectivity index (χ3v) is 8.66. The van der Waals surface area contributed by atoms with Crippen molar-refractivity contribution in [2.45, 2.75) is 60.6 Å². The monoisotopic (exact) mass is 748 g/mol. The molecule has 0 bridgehead atoms. The minimum atomic E-state index is -0.826. The summed E-state index contributed by atoms with van der Waals surface area (Å²) < 4.78 is 0. The summed E-state index contributed by atoms with van der Waals surface area (Å²) in [4.78, 5) is 0. The maximum atomic E-state index is 4.93. The van der Waals surface area contributed by atoms with E-state index >= 15 is 0 Å². The molecule has 7 rings (SSSR count). The minimum absolute atomic E-state index is 0.563. The van der Waals surface area contributed by atoms with Crippen LogP contribution >= 0.6 is 17.0 Å². The van der Waals surface area contributed by atoms with Gasteiger partial charge in [0, 0.05) is 9.52 Å². The van der Waals surface area contributed by atoms with Gasteiger partial charge in [0.25, 0.3) is 0 Å². The SMILES string of the molecule is CC(C)c1cc2c(-c3cccc4ccccc34)cccc2[cH-]1.C[Si]C.Cc1cc2c(-c3cccc(C)c3C)ccc(C)c2[cH-]1.[Cl][Zr+2][Cl]. The van der Waals surface area contributed by atoms with Crippen LogP contribution in [0, 0.1) is 27.7 Å². The summed E-state index contributed by atoms with van der Waals surface area (Å²) >= 11 is -0.826. The molecule has 2 radical (unpaired) electrons. The van der Waals surface area contributed by atoms with Crippen LogP contribution in [0.1, 0.15) is 47.6 Å². The van der Waals surface area contributed by atoms with Crippen molar-refractivity contribution in [3.63, 3.8) is 0 Å². The van der Waals surface area contributed by atoms with Gasteiger partial charge in [-0.2, -0.15) is 12.1 Å². The fourth-order valence-electron chi connectivity index (χ4n) is 6.15. The van der Waals surface area contributed by atoms with Crippen molar-refractivity contribution in [2.24, 2.45) is 0 Å². The molecule has 0 aliphatic heterocycles. The Bertz CT molecular complexity index is 2060. The molecule has 0 unspecified atom stereocenters. The number of benzene rings is 5. The molecule has 7 aromatic rings. The van der Waals surface area contributed by atoms with E-state index in [9.17, 15) is 0 Å². The number of rotatable bonds is 3. The van der Waals surface area contributed by atoms with E-state index in [-0.39, 0.29) is 0 Å². The molecular weight excluding hydrogens is 707 g/mol. The fraction of sp³-hybridized carbons (Fsp3) is 0.209. The second kappa shape index (κ2) is 17.6. The van der Waals surface area contributed by atoms with Gasteiger partial charge in [0.2, 0.25) is 0 Å². The van der Waals surface area contributed by atoms with Gasteiger partial charge >= 0.3 is 37.9 Å². The van der Waals surface area contributed by atoms with Crippen LogP contribution in [0.5, 0.6) is 0 Å². The van der Waals surface area contributed by atoms with Crippen molar-refractivity contribution in [1.29, 1.82) is 0 Å². The number of fused-ring (bicyclic) bond motifs is 3. The molecule has 0 aromatic heterocycles. The molecule has 0 amide bonds. The zero-order chi connectivity index (χ0) is 34.1. The first-order valence-electron chi connectivity index (χ1n) is 16.1. The van der Waals surface area contributed by atoms with E-state index in [2.05, 4.69) is 170 Å². The molecule has 0 aliphatic carbocycles. The van der Waals surface area contributed by atoms with Crippen molar-refractivity contribution < 1.29 is 20.8 Å². The molecule has 0 heterocycles. The molecule has 0 aliphatic rings. The van der Waals surface area contributed by atoms with Gasteiger partial charge in [-0.25, -0.2) is 0 Å². The normalized spacial score (nSPS) is 10.5. The van der Waals surface area contributed by atoms with E-state index in [0.717, 1.165) is 9.52 Å². The summed E-state index contributed by atoms with van der Waals surface area (Å²) in [5.41, 5.74) is 12.2. The molecule has 0 fully saturated rings. The van der Waals surface area contributed by atoms with Crippen LogP contribution < -0.4 is 0 Å². The summed E-state index contributed by atoms with van der Waals surface area (Å²) in [6.07, 6.45) is 0. The van der Waals surface area contributed by atoms with Gasteiger partial charge in [0.1, 0.15) is 0 Å². The fourth-order valence-corrected chi connectivity index (χ4v) is 6.15. The molecular formula is C43H44Cl2SiZr. The number of hydrogen-bond acceptors (Lipinski definition) is 0. The molecule has 0 nitrogen and oxygen atoms in total. The van der Waals surface area contributed by atoms with E-state index < -0.39 is 20.8 Å². The molecule has 0 saturated heterocycles. The Morgan fingerprint density at radius 1 is 0.596 bits per heavy atom. The predicted molar refractivity (Wildman–Crippen MR) is 210 cm³/mol. The van der Waals surface area contributed by atoms with Gasteiger partial charge in [-0.1, -0.05) is 125 Å². The molecule has 47 heavy (non-hydrogen) atoms. The Labute approximate surface area is 303 Å². The van der Waals surface area contributed by atoms with Crippen molar-refractivity contribution in [1.82, 2.24) is 0 Å². The third kappa shape index (κ3) is 8.84. The summed E-state index contributed by atoms with van der Waals surface area (Å²) in [6.45, 7) is 17.6. The molecule has 0 atom stereocenters. The van der Waals surface area contributed by atoms with E-state index in [1.54, 1.807) is 0 Å². The van der Waals surface area contributed by atoms with Crippen LogP contribution in [0.25, 0.3) is 54.6 Å². The zero-order valence-corrected chi connectivity index (χ0v) is 33.8. The van der Waals surface area contributed by atoms with Gasteiger partial charge in [-0.05, 0) is 52.8 Å². The molecule has 0 spiro atoms. The first-order valence-corrected chi connectivity index (χ1v) is 24.4. The molecule has 0 N–H and O–H groups in total. The van der Waals surface area contributed by atoms with Gasteiger partial charge in [0.15, 0.2) is 0 Å². The average molecular weight is 751 g/mol. The van der Waals surface area contributed by atoms with Crippen LogP contribution in [0.2, 0.25) is 13.1 Å². The van der Waals surface area contributed by atoms with Crippen molar-refractivity contribution in [3.05, 3.63) is 143 Å². The van der Waals surface area contributed by atoms with Gasteiger partial charge in [-0.3, -0.25) is 0 Å². The Kier molecular flexibility index (Phi) is 13.9. The van der Waals surface area contributed by atoms with Crippen LogP contribution in [-0.4, -0.2) is 9.52 Å².